The van der Waals surface area contributed by atoms with Crippen molar-refractivity contribution in [3.8, 4) is 5.69 Å². The molecule has 5 heteroatoms. The summed E-state index contributed by atoms with van der Waals surface area (Å²) in [5.41, 5.74) is 5.42. The lowest BCUT2D eigenvalue weighted by atomic mass is 10.2. The van der Waals surface area contributed by atoms with Gasteiger partial charge in [0.15, 0.2) is 16.1 Å². The van der Waals surface area contributed by atoms with Crippen LogP contribution in [0.5, 0.6) is 0 Å². The summed E-state index contributed by atoms with van der Waals surface area (Å²) in [5.74, 6) is 0.903. The molecule has 0 saturated carbocycles. The SMILES string of the molecule is c1ccc([Si](c2ccccc2)(c2ccccc2)c2ccc(-n3c4ccc([Si](c5ccccc5)(c5ccccc5)c5ccccc5)cc4n4c5ccccc5nc34)cc2)cc1. The number of hydrogen-bond donors (Lipinski definition) is 0. The summed E-state index contributed by atoms with van der Waals surface area (Å²) in [7, 11) is -5.48. The quantitative estimate of drug-likeness (QED) is 0.112. The number of rotatable bonds is 9. The first-order valence-electron chi connectivity index (χ1n) is 20.6. The fourth-order valence-electron chi connectivity index (χ4n) is 9.88. The molecule has 0 radical (unpaired) electrons. The van der Waals surface area contributed by atoms with E-state index in [-0.39, 0.29) is 0 Å². The van der Waals surface area contributed by atoms with Crippen LogP contribution in [0.2, 0.25) is 0 Å². The molecule has 0 saturated heterocycles. The molecule has 60 heavy (non-hydrogen) atoms. The summed E-state index contributed by atoms with van der Waals surface area (Å²) in [6.07, 6.45) is 0. The van der Waals surface area contributed by atoms with Gasteiger partial charge in [0.05, 0.1) is 22.1 Å². The summed E-state index contributed by atoms with van der Waals surface area (Å²) in [6, 6.07) is 92.0. The van der Waals surface area contributed by atoms with Gasteiger partial charge in [-0.2, -0.15) is 0 Å². The van der Waals surface area contributed by atoms with Crippen LogP contribution in [0.3, 0.4) is 0 Å². The maximum atomic E-state index is 5.35. The summed E-state index contributed by atoms with van der Waals surface area (Å²) < 4.78 is 4.73. The predicted molar refractivity (Wildman–Crippen MR) is 257 cm³/mol. The fourth-order valence-corrected chi connectivity index (χ4v) is 19.4. The Bertz CT molecular complexity index is 3030. The van der Waals surface area contributed by atoms with Crippen LogP contribution in [0.15, 0.2) is 249 Å². The molecule has 0 bridgehead atoms. The molecule has 11 rings (SSSR count). The van der Waals surface area contributed by atoms with Crippen LogP contribution < -0.4 is 41.5 Å². The van der Waals surface area contributed by atoms with Gasteiger partial charge in [-0.1, -0.05) is 212 Å². The fraction of sp³-hybridized carbons (Fsp3) is 0. The van der Waals surface area contributed by atoms with Crippen LogP contribution in [0.25, 0.3) is 33.5 Å². The number of para-hydroxylation sites is 2. The maximum absolute atomic E-state index is 5.35. The van der Waals surface area contributed by atoms with E-state index in [0.717, 1.165) is 33.5 Å². The predicted octanol–water partition coefficient (Wildman–Crippen LogP) is 7.19. The molecular formula is C55H41N3Si2. The Hall–Kier alpha value is -7.32. The minimum Gasteiger partial charge on any atom is -0.278 e. The van der Waals surface area contributed by atoms with Gasteiger partial charge in [0, 0.05) is 5.69 Å². The lowest BCUT2D eigenvalue weighted by Crippen LogP contribution is -2.74. The van der Waals surface area contributed by atoms with Gasteiger partial charge in [0.1, 0.15) is 0 Å². The van der Waals surface area contributed by atoms with Crippen molar-refractivity contribution in [1.29, 1.82) is 0 Å². The molecule has 2 aromatic heterocycles. The Balaban J connectivity index is 1.17. The number of fused-ring (bicyclic) bond motifs is 5. The standard InChI is InChI=1S/C55H41N3Si2/c1-7-21-43(22-8-1)59(44-23-9-2-10-24-44,45-25-11-3-12-26-45)49-37-35-42(36-38-49)57-53-40-39-50(41-54(53)58-52-34-20-19-33-51(52)56-55(57)58)60(46-27-13-4-14-28-46,47-29-15-5-16-30-47)48-31-17-6-18-32-48/h1-41H. The van der Waals surface area contributed by atoms with Gasteiger partial charge in [-0.15, -0.1) is 0 Å². The molecule has 0 aliphatic heterocycles. The van der Waals surface area contributed by atoms with Gasteiger partial charge >= 0.3 is 0 Å². The van der Waals surface area contributed by atoms with Crippen molar-refractivity contribution >= 4 is 85.5 Å². The molecule has 2 heterocycles. The smallest absolute Gasteiger partial charge is 0.220 e. The van der Waals surface area contributed by atoms with Crippen LogP contribution in [0.4, 0.5) is 0 Å². The van der Waals surface area contributed by atoms with E-state index in [2.05, 4.69) is 258 Å². The molecule has 0 atom stereocenters. The third-order valence-corrected chi connectivity index (χ3v) is 22.0. The molecule has 0 aliphatic rings. The summed E-state index contributed by atoms with van der Waals surface area (Å²) in [4.78, 5) is 5.35. The molecule has 0 aliphatic carbocycles. The number of hydrogen-bond acceptors (Lipinski definition) is 1. The summed E-state index contributed by atoms with van der Waals surface area (Å²) >= 11 is 0. The van der Waals surface area contributed by atoms with Gasteiger partial charge in [0.25, 0.3) is 0 Å². The average molecular weight is 800 g/mol. The highest BCUT2D eigenvalue weighted by Crippen LogP contribution is 2.29. The Morgan fingerprint density at radius 1 is 0.283 bits per heavy atom. The molecule has 11 aromatic rings. The van der Waals surface area contributed by atoms with Crippen LogP contribution in [0.1, 0.15) is 0 Å². The van der Waals surface area contributed by atoms with Crippen LogP contribution in [0, 0.1) is 0 Å². The van der Waals surface area contributed by atoms with Crippen molar-refractivity contribution < 1.29 is 0 Å². The van der Waals surface area contributed by atoms with Gasteiger partial charge in [-0.3, -0.25) is 8.97 Å². The molecule has 9 aromatic carbocycles. The topological polar surface area (TPSA) is 22.2 Å². The summed E-state index contributed by atoms with van der Waals surface area (Å²) in [5, 5.41) is 10.8. The third-order valence-electron chi connectivity index (χ3n) is 12.4. The highest BCUT2D eigenvalue weighted by Gasteiger charge is 2.43. The molecular weight excluding hydrogens is 759 g/mol. The number of nitrogens with zero attached hydrogens (tertiary/aromatic N) is 3. The maximum Gasteiger partial charge on any atom is 0.220 e. The van der Waals surface area contributed by atoms with Crippen molar-refractivity contribution in [2.45, 2.75) is 0 Å². The minimum atomic E-state index is -2.79. The zero-order chi connectivity index (χ0) is 39.9. The second-order valence-electron chi connectivity index (χ2n) is 15.5. The van der Waals surface area contributed by atoms with Gasteiger partial charge in [-0.05, 0) is 77.9 Å². The van der Waals surface area contributed by atoms with E-state index in [1.165, 1.54) is 41.5 Å². The van der Waals surface area contributed by atoms with E-state index in [1.807, 2.05) is 0 Å². The highest BCUT2D eigenvalue weighted by atomic mass is 28.3. The monoisotopic (exact) mass is 799 g/mol. The molecule has 0 unspecified atom stereocenters. The Morgan fingerprint density at radius 3 is 1.07 bits per heavy atom. The lowest BCUT2D eigenvalue weighted by molar-refractivity contribution is 1.11. The minimum absolute atomic E-state index is 0.903. The Morgan fingerprint density at radius 2 is 0.633 bits per heavy atom. The van der Waals surface area contributed by atoms with Crippen LogP contribution in [-0.2, 0) is 0 Å². The molecule has 0 spiro atoms. The Labute approximate surface area is 352 Å². The van der Waals surface area contributed by atoms with E-state index in [0.29, 0.717) is 0 Å². The van der Waals surface area contributed by atoms with Crippen molar-refractivity contribution in [2.24, 2.45) is 0 Å². The lowest BCUT2D eigenvalue weighted by Gasteiger charge is -2.34. The van der Waals surface area contributed by atoms with Crippen molar-refractivity contribution in [3.63, 3.8) is 0 Å². The Kier molecular flexibility index (Phi) is 8.84. The molecule has 284 valence electrons. The van der Waals surface area contributed by atoms with Crippen molar-refractivity contribution in [3.05, 3.63) is 249 Å². The molecule has 0 fully saturated rings. The average Bonchev–Trinajstić information content (AvgIpc) is 3.86. The number of imidazole rings is 2. The van der Waals surface area contributed by atoms with E-state index in [4.69, 9.17) is 4.98 Å². The molecule has 0 N–H and O–H groups in total. The molecule has 3 nitrogen and oxygen atoms in total. The van der Waals surface area contributed by atoms with Gasteiger partial charge < -0.3 is 0 Å². The number of benzene rings is 9. The van der Waals surface area contributed by atoms with Crippen LogP contribution in [-0.4, -0.2) is 30.1 Å². The van der Waals surface area contributed by atoms with Gasteiger partial charge in [0.2, 0.25) is 5.78 Å². The first-order valence-corrected chi connectivity index (χ1v) is 24.6. The largest absolute Gasteiger partial charge is 0.278 e. The number of aromatic nitrogens is 3. The molecule has 0 amide bonds. The first-order chi connectivity index (χ1) is 29.8. The van der Waals surface area contributed by atoms with E-state index in [9.17, 15) is 0 Å². The van der Waals surface area contributed by atoms with Gasteiger partial charge in [-0.25, -0.2) is 4.98 Å². The van der Waals surface area contributed by atoms with Crippen molar-refractivity contribution in [2.75, 3.05) is 0 Å². The second-order valence-corrected chi connectivity index (χ2v) is 23.1. The third kappa shape index (κ3) is 5.51. The zero-order valence-electron chi connectivity index (χ0n) is 33.0. The van der Waals surface area contributed by atoms with Crippen molar-refractivity contribution in [1.82, 2.24) is 14.0 Å². The highest BCUT2D eigenvalue weighted by molar-refractivity contribution is 7.20. The van der Waals surface area contributed by atoms with E-state index in [1.54, 1.807) is 0 Å². The normalized spacial score (nSPS) is 12.0. The first kappa shape index (κ1) is 35.8. The van der Waals surface area contributed by atoms with Crippen LogP contribution >= 0.6 is 0 Å². The summed E-state index contributed by atoms with van der Waals surface area (Å²) in [6.45, 7) is 0. The van der Waals surface area contributed by atoms with E-state index >= 15 is 0 Å². The zero-order valence-corrected chi connectivity index (χ0v) is 35.0. The van der Waals surface area contributed by atoms with E-state index < -0.39 is 16.1 Å². The second kappa shape index (κ2) is 14.8.